The maximum absolute atomic E-state index is 11.9. The molecule has 2 aromatic rings. The number of nitrogens with zero attached hydrogens (tertiary/aromatic N) is 4. The lowest BCUT2D eigenvalue weighted by Gasteiger charge is -2.30. The van der Waals surface area contributed by atoms with Gasteiger partial charge in [-0.25, -0.2) is 4.79 Å². The number of likely N-dealkylation sites (N-methyl/N-ethyl adjacent to an activating group) is 1. The number of halogens is 2. The fourth-order valence-corrected chi connectivity index (χ4v) is 3.36. The number of rotatable bonds is 3. The summed E-state index contributed by atoms with van der Waals surface area (Å²) >= 11 is 6.27. The van der Waals surface area contributed by atoms with Crippen molar-refractivity contribution in [1.29, 1.82) is 0 Å². The molecule has 3 heterocycles. The van der Waals surface area contributed by atoms with Crippen molar-refractivity contribution in [2.24, 2.45) is 0 Å². The molecule has 1 aromatic carbocycles. The Bertz CT molecular complexity index is 799. The molecular weight excluding hydrogens is 379 g/mol. The number of hydrogen-bond acceptors (Lipinski definition) is 6. The Morgan fingerprint density at radius 1 is 1.31 bits per heavy atom. The summed E-state index contributed by atoms with van der Waals surface area (Å²) in [5.74, 6) is 1.08. The van der Waals surface area contributed by atoms with Crippen LogP contribution < -0.4 is 15.5 Å². The number of benzene rings is 1. The molecule has 2 amide bonds. The van der Waals surface area contributed by atoms with Crippen LogP contribution in [0.3, 0.4) is 0 Å². The number of carbonyl (C=O) groups excluding carboxylic acids is 1. The molecule has 1 unspecified atom stereocenters. The van der Waals surface area contributed by atoms with Crippen LogP contribution in [0, 0.1) is 0 Å². The van der Waals surface area contributed by atoms with Gasteiger partial charge in [0.25, 0.3) is 5.89 Å². The molecule has 140 valence electrons. The average molecular weight is 399 g/mol. The number of urea groups is 1. The summed E-state index contributed by atoms with van der Waals surface area (Å²) in [6, 6.07) is 5.31. The van der Waals surface area contributed by atoms with E-state index in [0.717, 1.165) is 25.2 Å². The Balaban J connectivity index is 0.00000196. The van der Waals surface area contributed by atoms with E-state index in [9.17, 15) is 4.79 Å². The maximum atomic E-state index is 11.9. The lowest BCUT2D eigenvalue weighted by molar-refractivity contribution is 0.190. The number of aromatic nitrogens is 2. The molecule has 0 bridgehead atoms. The molecule has 0 radical (unpaired) electrons. The molecule has 2 aliphatic heterocycles. The van der Waals surface area contributed by atoms with Crippen molar-refractivity contribution >= 4 is 35.7 Å². The normalized spacial score (nSPS) is 20.8. The number of carbonyl (C=O) groups is 1. The Hall–Kier alpha value is -1.87. The second kappa shape index (κ2) is 7.79. The smallest absolute Gasteiger partial charge is 0.322 e. The van der Waals surface area contributed by atoms with E-state index in [0.29, 0.717) is 35.5 Å². The zero-order valence-electron chi connectivity index (χ0n) is 14.2. The Morgan fingerprint density at radius 2 is 2.15 bits per heavy atom. The van der Waals surface area contributed by atoms with Crippen LogP contribution in [0.1, 0.15) is 11.9 Å². The van der Waals surface area contributed by atoms with Gasteiger partial charge in [-0.05, 0) is 25.2 Å². The highest BCUT2D eigenvalue weighted by Crippen LogP contribution is 2.32. The minimum Gasteiger partial charge on any atom is -0.336 e. The van der Waals surface area contributed by atoms with Crippen LogP contribution in [0.4, 0.5) is 10.5 Å². The molecule has 1 atom stereocenters. The van der Waals surface area contributed by atoms with E-state index < -0.39 is 0 Å². The third-order valence-corrected chi connectivity index (χ3v) is 4.91. The van der Waals surface area contributed by atoms with E-state index in [1.54, 1.807) is 11.0 Å². The van der Waals surface area contributed by atoms with Crippen LogP contribution in [0.5, 0.6) is 0 Å². The lowest BCUT2D eigenvalue weighted by atomic mass is 10.1. The summed E-state index contributed by atoms with van der Waals surface area (Å²) in [5, 5.41) is 10.8. The van der Waals surface area contributed by atoms with Crippen LogP contribution in [-0.4, -0.2) is 60.8 Å². The summed E-state index contributed by atoms with van der Waals surface area (Å²) in [7, 11) is 2.05. The van der Waals surface area contributed by atoms with Gasteiger partial charge in [-0.2, -0.15) is 4.98 Å². The van der Waals surface area contributed by atoms with E-state index in [-0.39, 0.29) is 24.5 Å². The molecule has 2 aliphatic rings. The van der Waals surface area contributed by atoms with Gasteiger partial charge in [0.1, 0.15) is 0 Å². The monoisotopic (exact) mass is 398 g/mol. The summed E-state index contributed by atoms with van der Waals surface area (Å²) in [5.41, 5.74) is 1.38. The number of nitrogens with one attached hydrogen (secondary N) is 2. The third kappa shape index (κ3) is 3.50. The Kier molecular flexibility index (Phi) is 5.67. The highest BCUT2D eigenvalue weighted by Gasteiger charge is 2.27. The minimum atomic E-state index is -0.153. The first-order valence-electron chi connectivity index (χ1n) is 8.23. The maximum Gasteiger partial charge on any atom is 0.322 e. The standard InChI is InChI=1S/C16H19ClN6O2.ClH/c1-22-6-4-18-9-13(22)14-20-15(25-21-14)10-2-3-11(17)12(8-10)23-7-5-19-16(23)24;/h2-3,8,13,18H,4-7,9H2,1H3,(H,19,24);1H. The van der Waals surface area contributed by atoms with Crippen molar-refractivity contribution in [3.63, 3.8) is 0 Å². The first-order valence-corrected chi connectivity index (χ1v) is 8.61. The summed E-state index contributed by atoms with van der Waals surface area (Å²) in [4.78, 5) is 20.3. The van der Waals surface area contributed by atoms with Gasteiger partial charge in [0.05, 0.1) is 16.8 Å². The SMILES string of the molecule is CN1CCNCC1c1noc(-c2ccc(Cl)c(N3CCNC3=O)c2)n1.Cl. The largest absolute Gasteiger partial charge is 0.336 e. The summed E-state index contributed by atoms with van der Waals surface area (Å²) < 4.78 is 5.46. The molecule has 2 saturated heterocycles. The average Bonchev–Trinajstić information content (AvgIpc) is 3.25. The highest BCUT2D eigenvalue weighted by molar-refractivity contribution is 6.34. The van der Waals surface area contributed by atoms with Gasteiger partial charge in [0.2, 0.25) is 0 Å². The predicted molar refractivity (Wildman–Crippen MR) is 101 cm³/mol. The summed E-state index contributed by atoms with van der Waals surface area (Å²) in [6.07, 6.45) is 0. The van der Waals surface area contributed by atoms with Crippen LogP contribution in [0.25, 0.3) is 11.5 Å². The number of anilines is 1. The van der Waals surface area contributed by atoms with E-state index in [2.05, 4.69) is 25.7 Å². The van der Waals surface area contributed by atoms with Gasteiger partial charge in [0, 0.05) is 38.3 Å². The van der Waals surface area contributed by atoms with Crippen molar-refractivity contribution < 1.29 is 9.32 Å². The molecule has 10 heteroatoms. The predicted octanol–water partition coefficient (Wildman–Crippen LogP) is 1.92. The first kappa shape index (κ1) is 18.9. The third-order valence-electron chi connectivity index (χ3n) is 4.59. The van der Waals surface area contributed by atoms with Crippen molar-refractivity contribution in [3.05, 3.63) is 29.0 Å². The second-order valence-corrected chi connectivity index (χ2v) is 6.62. The van der Waals surface area contributed by atoms with E-state index in [1.807, 2.05) is 19.2 Å². The van der Waals surface area contributed by atoms with Crippen molar-refractivity contribution in [2.45, 2.75) is 6.04 Å². The van der Waals surface area contributed by atoms with Crippen LogP contribution in [0.15, 0.2) is 22.7 Å². The van der Waals surface area contributed by atoms with E-state index >= 15 is 0 Å². The lowest BCUT2D eigenvalue weighted by Crippen LogP contribution is -2.44. The molecule has 26 heavy (non-hydrogen) atoms. The van der Waals surface area contributed by atoms with Crippen LogP contribution >= 0.6 is 24.0 Å². The van der Waals surface area contributed by atoms with Gasteiger partial charge in [-0.15, -0.1) is 12.4 Å². The van der Waals surface area contributed by atoms with Crippen molar-refractivity contribution in [2.75, 3.05) is 44.7 Å². The number of hydrogen-bond donors (Lipinski definition) is 2. The van der Waals surface area contributed by atoms with Gasteiger partial charge in [0.15, 0.2) is 5.82 Å². The van der Waals surface area contributed by atoms with Gasteiger partial charge < -0.3 is 15.2 Å². The zero-order chi connectivity index (χ0) is 17.4. The van der Waals surface area contributed by atoms with Crippen LogP contribution in [-0.2, 0) is 0 Å². The molecular formula is C16H20Cl2N6O2. The quantitative estimate of drug-likeness (QED) is 0.820. The minimum absolute atomic E-state index is 0. The second-order valence-electron chi connectivity index (χ2n) is 6.21. The van der Waals surface area contributed by atoms with Crippen molar-refractivity contribution in [1.82, 2.24) is 25.7 Å². The molecule has 2 fully saturated rings. The van der Waals surface area contributed by atoms with Crippen LogP contribution in [0.2, 0.25) is 5.02 Å². The van der Waals surface area contributed by atoms with E-state index in [1.165, 1.54) is 0 Å². The molecule has 4 rings (SSSR count). The zero-order valence-corrected chi connectivity index (χ0v) is 15.8. The topological polar surface area (TPSA) is 86.5 Å². The van der Waals surface area contributed by atoms with Gasteiger partial charge >= 0.3 is 6.03 Å². The fraction of sp³-hybridized carbons (Fsp3) is 0.438. The molecule has 0 saturated carbocycles. The summed E-state index contributed by atoms with van der Waals surface area (Å²) in [6.45, 7) is 3.86. The molecule has 8 nitrogen and oxygen atoms in total. The highest BCUT2D eigenvalue weighted by atomic mass is 35.5. The van der Waals surface area contributed by atoms with Gasteiger partial charge in [-0.3, -0.25) is 9.80 Å². The molecule has 0 aliphatic carbocycles. The molecule has 1 aromatic heterocycles. The Morgan fingerprint density at radius 3 is 2.88 bits per heavy atom. The van der Waals surface area contributed by atoms with Gasteiger partial charge in [-0.1, -0.05) is 16.8 Å². The number of amides is 2. The Labute approximate surface area is 162 Å². The number of piperazine rings is 1. The fourth-order valence-electron chi connectivity index (χ4n) is 3.14. The first-order chi connectivity index (χ1) is 12.1. The van der Waals surface area contributed by atoms with E-state index in [4.69, 9.17) is 16.1 Å². The molecule has 0 spiro atoms. The molecule has 2 N–H and O–H groups in total. The van der Waals surface area contributed by atoms with Crippen molar-refractivity contribution in [3.8, 4) is 11.5 Å².